The van der Waals surface area contributed by atoms with Gasteiger partial charge in [0.25, 0.3) is 0 Å². The molecule has 0 radical (unpaired) electrons. The average Bonchev–Trinajstić information content (AvgIpc) is 2.35. The Balaban J connectivity index is 2.79. The molecule has 0 spiro atoms. The molecule has 0 unspecified atom stereocenters. The Morgan fingerprint density at radius 3 is 2.37 bits per heavy atom. The number of aryl methyl sites for hydroxylation is 1. The van der Waals surface area contributed by atoms with Gasteiger partial charge in [0, 0.05) is 18.5 Å². The number of benzene rings is 1. The largest absolute Gasteiger partial charge is 0.496 e. The van der Waals surface area contributed by atoms with Gasteiger partial charge in [-0.05, 0) is 30.5 Å². The van der Waals surface area contributed by atoms with Gasteiger partial charge in [-0.1, -0.05) is 13.8 Å². The number of ether oxygens (including phenoxy) is 2. The Bertz CT molecular complexity index is 441. The number of carbonyl (C=O) groups excluding carboxylic acids is 1. The molecule has 0 aromatic heterocycles. The number of amides is 1. The molecule has 0 aliphatic heterocycles. The van der Waals surface area contributed by atoms with E-state index in [1.165, 1.54) is 0 Å². The molecule has 4 nitrogen and oxygen atoms in total. The summed E-state index contributed by atoms with van der Waals surface area (Å²) in [5, 5.41) is 2.90. The van der Waals surface area contributed by atoms with E-state index in [1.807, 2.05) is 32.9 Å². The van der Waals surface area contributed by atoms with Gasteiger partial charge in [-0.3, -0.25) is 4.79 Å². The normalized spacial score (nSPS) is 10.4. The highest BCUT2D eigenvalue weighted by Gasteiger charge is 2.10. The maximum atomic E-state index is 11.7. The fraction of sp³-hybridized carbons (Fsp3) is 0.533. The lowest BCUT2D eigenvalue weighted by molar-refractivity contribution is -0.121. The van der Waals surface area contributed by atoms with E-state index in [1.54, 1.807) is 14.2 Å². The molecule has 4 heteroatoms. The first-order valence-corrected chi connectivity index (χ1v) is 6.46. The van der Waals surface area contributed by atoms with E-state index in [-0.39, 0.29) is 5.91 Å². The maximum Gasteiger partial charge on any atom is 0.220 e. The van der Waals surface area contributed by atoms with Gasteiger partial charge in [0.05, 0.1) is 14.2 Å². The van der Waals surface area contributed by atoms with Crippen molar-refractivity contribution in [3.05, 3.63) is 23.3 Å². The summed E-state index contributed by atoms with van der Waals surface area (Å²) in [6.07, 6.45) is 0.533. The van der Waals surface area contributed by atoms with Crippen LogP contribution in [0.2, 0.25) is 0 Å². The summed E-state index contributed by atoms with van der Waals surface area (Å²) in [7, 11) is 3.26. The number of nitrogens with one attached hydrogen (secondary N) is 1. The SMILES string of the molecule is COc1cc(CNC(=O)CC(C)C)c(OC)cc1C. The van der Waals surface area contributed by atoms with Crippen LogP contribution >= 0.6 is 0 Å². The standard InChI is InChI=1S/C15H23NO3/c1-10(2)6-15(17)16-9-12-8-13(18-4)11(3)7-14(12)19-5/h7-8,10H,6,9H2,1-5H3,(H,16,17). The van der Waals surface area contributed by atoms with Gasteiger partial charge in [-0.15, -0.1) is 0 Å². The van der Waals surface area contributed by atoms with Crippen LogP contribution in [-0.2, 0) is 11.3 Å². The fourth-order valence-corrected chi connectivity index (χ4v) is 1.89. The highest BCUT2D eigenvalue weighted by Crippen LogP contribution is 2.28. The molecule has 1 N–H and O–H groups in total. The van der Waals surface area contributed by atoms with Crippen LogP contribution < -0.4 is 14.8 Å². The monoisotopic (exact) mass is 265 g/mol. The Kier molecular flexibility index (Phi) is 5.67. The van der Waals surface area contributed by atoms with Crippen molar-refractivity contribution in [2.24, 2.45) is 5.92 Å². The first-order valence-electron chi connectivity index (χ1n) is 6.46. The lowest BCUT2D eigenvalue weighted by Crippen LogP contribution is -2.24. The van der Waals surface area contributed by atoms with Crippen LogP contribution in [0.15, 0.2) is 12.1 Å². The predicted molar refractivity (Wildman–Crippen MR) is 75.6 cm³/mol. The van der Waals surface area contributed by atoms with E-state index < -0.39 is 0 Å². The fourth-order valence-electron chi connectivity index (χ4n) is 1.89. The zero-order chi connectivity index (χ0) is 14.4. The summed E-state index contributed by atoms with van der Waals surface area (Å²) in [4.78, 5) is 11.7. The smallest absolute Gasteiger partial charge is 0.220 e. The number of methoxy groups -OCH3 is 2. The van der Waals surface area contributed by atoms with Crippen molar-refractivity contribution in [1.82, 2.24) is 5.32 Å². The molecule has 0 heterocycles. The second kappa shape index (κ2) is 7.02. The van der Waals surface area contributed by atoms with Gasteiger partial charge >= 0.3 is 0 Å². The summed E-state index contributed by atoms with van der Waals surface area (Å²) in [5.74, 6) is 1.98. The minimum Gasteiger partial charge on any atom is -0.496 e. The molecule has 0 saturated heterocycles. The molecule has 106 valence electrons. The third kappa shape index (κ3) is 4.47. The van der Waals surface area contributed by atoms with E-state index in [9.17, 15) is 4.79 Å². The molecule has 1 aromatic carbocycles. The predicted octanol–water partition coefficient (Wildman–Crippen LogP) is 2.67. The Morgan fingerprint density at radius 1 is 1.21 bits per heavy atom. The average molecular weight is 265 g/mol. The van der Waals surface area contributed by atoms with Gasteiger partial charge in [-0.2, -0.15) is 0 Å². The Labute approximate surface area is 115 Å². The van der Waals surface area contributed by atoms with Gasteiger partial charge in [0.2, 0.25) is 5.91 Å². The van der Waals surface area contributed by atoms with E-state index in [0.717, 1.165) is 22.6 Å². The van der Waals surface area contributed by atoms with Gasteiger partial charge in [-0.25, -0.2) is 0 Å². The number of rotatable bonds is 6. The van der Waals surface area contributed by atoms with Crippen LogP contribution in [0.1, 0.15) is 31.4 Å². The summed E-state index contributed by atoms with van der Waals surface area (Å²) in [5.41, 5.74) is 1.93. The molecule has 0 fully saturated rings. The van der Waals surface area contributed by atoms with Crippen molar-refractivity contribution < 1.29 is 14.3 Å². The quantitative estimate of drug-likeness (QED) is 0.860. The molecule has 1 aromatic rings. The number of carbonyl (C=O) groups is 1. The maximum absolute atomic E-state index is 11.7. The third-order valence-electron chi connectivity index (χ3n) is 2.87. The van der Waals surface area contributed by atoms with E-state index >= 15 is 0 Å². The van der Waals surface area contributed by atoms with Crippen LogP contribution in [0.3, 0.4) is 0 Å². The second-order valence-electron chi connectivity index (χ2n) is 5.01. The molecule has 0 aliphatic rings. The first-order chi connectivity index (χ1) is 8.97. The zero-order valence-electron chi connectivity index (χ0n) is 12.4. The van der Waals surface area contributed by atoms with Crippen molar-refractivity contribution in [2.45, 2.75) is 33.7 Å². The van der Waals surface area contributed by atoms with Crippen molar-refractivity contribution >= 4 is 5.91 Å². The molecule has 0 bridgehead atoms. The van der Waals surface area contributed by atoms with E-state index in [2.05, 4.69) is 5.32 Å². The number of hydrogen-bond acceptors (Lipinski definition) is 3. The molecule has 0 aliphatic carbocycles. The van der Waals surface area contributed by atoms with Gasteiger partial charge in [0.15, 0.2) is 0 Å². The molecule has 0 atom stereocenters. The van der Waals surface area contributed by atoms with E-state index in [4.69, 9.17) is 9.47 Å². The van der Waals surface area contributed by atoms with Gasteiger partial charge in [0.1, 0.15) is 11.5 Å². The molecule has 1 rings (SSSR count). The van der Waals surface area contributed by atoms with Crippen LogP contribution in [-0.4, -0.2) is 20.1 Å². The Morgan fingerprint density at radius 2 is 1.84 bits per heavy atom. The van der Waals surface area contributed by atoms with Crippen LogP contribution in [0.5, 0.6) is 11.5 Å². The Hall–Kier alpha value is -1.71. The summed E-state index contributed by atoms with van der Waals surface area (Å²) in [6.45, 7) is 6.46. The van der Waals surface area contributed by atoms with Crippen LogP contribution in [0.25, 0.3) is 0 Å². The zero-order valence-corrected chi connectivity index (χ0v) is 12.4. The van der Waals surface area contributed by atoms with Crippen molar-refractivity contribution in [3.63, 3.8) is 0 Å². The summed E-state index contributed by atoms with van der Waals surface area (Å²) >= 11 is 0. The highest BCUT2D eigenvalue weighted by molar-refractivity contribution is 5.76. The number of hydrogen-bond donors (Lipinski definition) is 1. The van der Waals surface area contributed by atoms with E-state index in [0.29, 0.717) is 18.9 Å². The molecular formula is C15H23NO3. The summed E-state index contributed by atoms with van der Waals surface area (Å²) in [6, 6.07) is 3.83. The third-order valence-corrected chi connectivity index (χ3v) is 2.87. The summed E-state index contributed by atoms with van der Waals surface area (Å²) < 4.78 is 10.6. The molecular weight excluding hydrogens is 242 g/mol. The lowest BCUT2D eigenvalue weighted by atomic mass is 10.1. The van der Waals surface area contributed by atoms with Crippen molar-refractivity contribution in [1.29, 1.82) is 0 Å². The van der Waals surface area contributed by atoms with Crippen molar-refractivity contribution in [2.75, 3.05) is 14.2 Å². The first kappa shape index (κ1) is 15.3. The molecule has 1 amide bonds. The minimum absolute atomic E-state index is 0.0524. The topological polar surface area (TPSA) is 47.6 Å². The van der Waals surface area contributed by atoms with Crippen LogP contribution in [0, 0.1) is 12.8 Å². The highest BCUT2D eigenvalue weighted by atomic mass is 16.5. The minimum atomic E-state index is 0.0524. The lowest BCUT2D eigenvalue weighted by Gasteiger charge is -2.14. The molecule has 0 saturated carbocycles. The van der Waals surface area contributed by atoms with Gasteiger partial charge < -0.3 is 14.8 Å². The van der Waals surface area contributed by atoms with Crippen molar-refractivity contribution in [3.8, 4) is 11.5 Å². The van der Waals surface area contributed by atoms with Crippen LogP contribution in [0.4, 0.5) is 0 Å². The molecule has 19 heavy (non-hydrogen) atoms. The second-order valence-corrected chi connectivity index (χ2v) is 5.01.